The third-order valence-electron chi connectivity index (χ3n) is 2.92. The summed E-state index contributed by atoms with van der Waals surface area (Å²) >= 11 is -1.24. The van der Waals surface area contributed by atoms with Crippen LogP contribution in [0.4, 0.5) is 0 Å². The molecule has 20 heavy (non-hydrogen) atoms. The first kappa shape index (κ1) is 13.0. The van der Waals surface area contributed by atoms with Crippen molar-refractivity contribution in [1.82, 2.24) is 15.0 Å². The lowest BCUT2D eigenvalue weighted by Crippen LogP contribution is -2.11. The number of para-hydroxylation sites is 2. The molecule has 0 amide bonds. The van der Waals surface area contributed by atoms with E-state index in [0.29, 0.717) is 16.5 Å². The third-order valence-corrected chi connectivity index (χ3v) is 4.30. The van der Waals surface area contributed by atoms with E-state index in [1.54, 1.807) is 6.20 Å². The van der Waals surface area contributed by atoms with Crippen LogP contribution in [-0.4, -0.2) is 19.5 Å². The van der Waals surface area contributed by atoms with Crippen LogP contribution in [0.25, 0.3) is 11.0 Å². The molecule has 0 saturated heterocycles. The number of hydrogen-bond donors (Lipinski definition) is 0. The maximum absolute atomic E-state index is 12.4. The molecule has 0 spiro atoms. The minimum absolute atomic E-state index is 0.356. The molecule has 0 radical (unpaired) electrons. The summed E-state index contributed by atoms with van der Waals surface area (Å²) in [5, 5.41) is 0.536. The highest BCUT2D eigenvalue weighted by Crippen LogP contribution is 2.19. The lowest BCUT2D eigenvalue weighted by atomic mass is 10.3. The predicted molar refractivity (Wildman–Crippen MR) is 78.6 cm³/mol. The monoisotopic (exact) mass is 283 g/mol. The molecule has 0 bridgehead atoms. The van der Waals surface area contributed by atoms with Gasteiger partial charge in [-0.1, -0.05) is 18.2 Å². The SMILES string of the molecule is Cc1nc2ccccc2nc1[S+]([O-])Cc1ccccn1. The van der Waals surface area contributed by atoms with Crippen LogP contribution in [0.3, 0.4) is 0 Å². The van der Waals surface area contributed by atoms with Crippen molar-refractivity contribution in [1.29, 1.82) is 0 Å². The molecule has 100 valence electrons. The summed E-state index contributed by atoms with van der Waals surface area (Å²) in [6, 6.07) is 13.2. The minimum atomic E-state index is -1.24. The molecule has 1 unspecified atom stereocenters. The molecule has 0 aliphatic heterocycles. The maximum atomic E-state index is 12.4. The average molecular weight is 283 g/mol. The standard InChI is InChI=1S/C15H13N3OS/c1-11-15(18-14-8-3-2-7-13(14)17-11)20(19)10-12-6-4-5-9-16-12/h2-9H,10H2,1H3. The van der Waals surface area contributed by atoms with Crippen LogP contribution < -0.4 is 0 Å². The highest BCUT2D eigenvalue weighted by Gasteiger charge is 2.19. The average Bonchev–Trinajstić information content (AvgIpc) is 2.47. The first-order valence-corrected chi connectivity index (χ1v) is 7.57. The zero-order valence-electron chi connectivity index (χ0n) is 11.0. The second kappa shape index (κ2) is 5.56. The Bertz CT molecular complexity index is 734. The molecule has 4 nitrogen and oxygen atoms in total. The Balaban J connectivity index is 1.95. The van der Waals surface area contributed by atoms with Crippen molar-refractivity contribution in [2.45, 2.75) is 17.7 Å². The number of pyridine rings is 1. The summed E-state index contributed by atoms with van der Waals surface area (Å²) < 4.78 is 12.4. The number of aryl methyl sites for hydroxylation is 1. The number of hydrogen-bond acceptors (Lipinski definition) is 4. The molecule has 1 atom stereocenters. The molecule has 0 aliphatic rings. The Kier molecular flexibility index (Phi) is 3.62. The van der Waals surface area contributed by atoms with Crippen LogP contribution >= 0.6 is 0 Å². The normalized spacial score (nSPS) is 12.5. The van der Waals surface area contributed by atoms with Gasteiger partial charge in [-0.05, 0) is 31.2 Å². The second-order valence-electron chi connectivity index (χ2n) is 4.41. The molecule has 3 rings (SSSR count). The van der Waals surface area contributed by atoms with Crippen molar-refractivity contribution < 1.29 is 4.55 Å². The van der Waals surface area contributed by atoms with Crippen molar-refractivity contribution in [3.8, 4) is 0 Å². The van der Waals surface area contributed by atoms with E-state index in [0.717, 1.165) is 16.7 Å². The van der Waals surface area contributed by atoms with Gasteiger partial charge >= 0.3 is 0 Å². The topological polar surface area (TPSA) is 61.7 Å². The van der Waals surface area contributed by atoms with E-state index in [-0.39, 0.29) is 0 Å². The Morgan fingerprint density at radius 1 is 1.00 bits per heavy atom. The fraction of sp³-hybridized carbons (Fsp3) is 0.133. The highest BCUT2D eigenvalue weighted by molar-refractivity contribution is 7.90. The van der Waals surface area contributed by atoms with Crippen LogP contribution in [0.15, 0.2) is 53.7 Å². The highest BCUT2D eigenvalue weighted by atomic mass is 32.2. The number of rotatable bonds is 3. The Hall–Kier alpha value is -1.98. The van der Waals surface area contributed by atoms with Crippen molar-refractivity contribution in [3.05, 3.63) is 60.0 Å². The summed E-state index contributed by atoms with van der Waals surface area (Å²) in [6.45, 7) is 1.84. The number of nitrogens with zero attached hydrogens (tertiary/aromatic N) is 3. The Morgan fingerprint density at radius 3 is 2.40 bits per heavy atom. The largest absolute Gasteiger partial charge is 0.610 e. The molecule has 1 aromatic carbocycles. The smallest absolute Gasteiger partial charge is 0.266 e. The van der Waals surface area contributed by atoms with E-state index in [9.17, 15) is 4.55 Å². The van der Waals surface area contributed by atoms with Crippen LogP contribution in [0.1, 0.15) is 11.4 Å². The molecule has 0 aliphatic carbocycles. The number of fused-ring (bicyclic) bond motifs is 1. The first-order valence-electron chi connectivity index (χ1n) is 6.26. The summed E-state index contributed by atoms with van der Waals surface area (Å²) in [5.74, 6) is 0.356. The van der Waals surface area contributed by atoms with E-state index in [1.807, 2.05) is 49.4 Å². The Morgan fingerprint density at radius 2 is 1.70 bits per heavy atom. The molecular formula is C15H13N3OS. The first-order chi connectivity index (χ1) is 9.74. The van der Waals surface area contributed by atoms with Gasteiger partial charge in [0.25, 0.3) is 5.03 Å². The summed E-state index contributed by atoms with van der Waals surface area (Å²) in [4.78, 5) is 13.1. The van der Waals surface area contributed by atoms with E-state index in [1.165, 1.54) is 0 Å². The van der Waals surface area contributed by atoms with Gasteiger partial charge in [-0.25, -0.2) is 4.98 Å². The van der Waals surface area contributed by atoms with Crippen molar-refractivity contribution >= 4 is 22.2 Å². The van der Waals surface area contributed by atoms with Gasteiger partial charge in [0.15, 0.2) is 5.75 Å². The van der Waals surface area contributed by atoms with Crippen LogP contribution in [-0.2, 0) is 16.9 Å². The summed E-state index contributed by atoms with van der Waals surface area (Å²) in [5.41, 5.74) is 3.09. The molecule has 0 fully saturated rings. The lowest BCUT2D eigenvalue weighted by molar-refractivity contribution is 0.588. The molecule has 0 saturated carbocycles. The maximum Gasteiger partial charge on any atom is 0.266 e. The molecule has 0 N–H and O–H groups in total. The van der Waals surface area contributed by atoms with Crippen LogP contribution in [0.2, 0.25) is 0 Å². The van der Waals surface area contributed by atoms with Crippen LogP contribution in [0.5, 0.6) is 0 Å². The van der Waals surface area contributed by atoms with Gasteiger partial charge in [0.2, 0.25) is 0 Å². The zero-order valence-corrected chi connectivity index (χ0v) is 11.8. The van der Waals surface area contributed by atoms with Gasteiger partial charge in [-0.2, -0.15) is 4.98 Å². The van der Waals surface area contributed by atoms with E-state index in [4.69, 9.17) is 0 Å². The van der Waals surface area contributed by atoms with Crippen molar-refractivity contribution in [2.24, 2.45) is 0 Å². The van der Waals surface area contributed by atoms with E-state index >= 15 is 0 Å². The quantitative estimate of drug-likeness (QED) is 0.693. The molecule has 3 aromatic rings. The van der Waals surface area contributed by atoms with Crippen molar-refractivity contribution in [3.63, 3.8) is 0 Å². The molecule has 5 heteroatoms. The summed E-state index contributed by atoms with van der Waals surface area (Å²) in [7, 11) is 0. The Labute approximate surface area is 120 Å². The van der Waals surface area contributed by atoms with Gasteiger partial charge in [-0.15, -0.1) is 0 Å². The van der Waals surface area contributed by atoms with Gasteiger partial charge in [0.05, 0.1) is 16.7 Å². The molecular weight excluding hydrogens is 270 g/mol. The number of benzene rings is 1. The summed E-state index contributed by atoms with van der Waals surface area (Å²) in [6.07, 6.45) is 1.70. The van der Waals surface area contributed by atoms with Crippen LogP contribution in [0, 0.1) is 6.92 Å². The van der Waals surface area contributed by atoms with Crippen molar-refractivity contribution in [2.75, 3.05) is 0 Å². The van der Waals surface area contributed by atoms with Gasteiger partial charge in [0.1, 0.15) is 5.69 Å². The van der Waals surface area contributed by atoms with Gasteiger partial charge < -0.3 is 4.55 Å². The fourth-order valence-corrected chi connectivity index (χ4v) is 3.13. The van der Waals surface area contributed by atoms with E-state index < -0.39 is 11.2 Å². The predicted octanol–water partition coefficient (Wildman–Crippen LogP) is 2.64. The fourth-order valence-electron chi connectivity index (χ4n) is 1.97. The van der Waals surface area contributed by atoms with Gasteiger partial charge in [0, 0.05) is 17.4 Å². The second-order valence-corrected chi connectivity index (χ2v) is 5.78. The lowest BCUT2D eigenvalue weighted by Gasteiger charge is -2.11. The molecule has 2 aromatic heterocycles. The third kappa shape index (κ3) is 2.64. The van der Waals surface area contributed by atoms with Gasteiger partial charge in [-0.3, -0.25) is 4.98 Å². The minimum Gasteiger partial charge on any atom is -0.610 e. The zero-order chi connectivity index (χ0) is 13.9. The molecule has 2 heterocycles. The van der Waals surface area contributed by atoms with E-state index in [2.05, 4.69) is 15.0 Å². The number of aromatic nitrogens is 3.